The molecule has 4 rings (SSSR count). The molecule has 5 nitrogen and oxygen atoms in total. The molecular weight excluding hydrogens is 314 g/mol. The van der Waals surface area contributed by atoms with Crippen molar-refractivity contribution in [2.24, 2.45) is 0 Å². The number of benzene rings is 1. The van der Waals surface area contributed by atoms with Crippen molar-refractivity contribution in [3.8, 4) is 0 Å². The number of pyridine rings is 1. The molecule has 1 atom stereocenters. The molecule has 1 saturated heterocycles. The van der Waals surface area contributed by atoms with E-state index in [0.29, 0.717) is 12.8 Å². The van der Waals surface area contributed by atoms with Crippen LogP contribution in [0.5, 0.6) is 0 Å². The van der Waals surface area contributed by atoms with Crippen molar-refractivity contribution < 1.29 is 9.59 Å². The topological polar surface area (TPSA) is 62.3 Å². The van der Waals surface area contributed by atoms with Crippen LogP contribution in [0.1, 0.15) is 34.5 Å². The van der Waals surface area contributed by atoms with Gasteiger partial charge in [-0.05, 0) is 49.4 Å². The van der Waals surface area contributed by atoms with Crippen LogP contribution in [0.25, 0.3) is 0 Å². The highest BCUT2D eigenvalue weighted by Gasteiger charge is 2.52. The lowest BCUT2D eigenvalue weighted by Crippen LogP contribution is -2.51. The van der Waals surface area contributed by atoms with Gasteiger partial charge in [0, 0.05) is 17.8 Å². The molecule has 1 aromatic heterocycles. The van der Waals surface area contributed by atoms with E-state index in [9.17, 15) is 9.59 Å². The summed E-state index contributed by atoms with van der Waals surface area (Å²) in [5, 5.41) is 2.98. The molecule has 1 aromatic carbocycles. The Bertz CT molecular complexity index is 877. The minimum atomic E-state index is -0.794. The number of aromatic nitrogens is 1. The summed E-state index contributed by atoms with van der Waals surface area (Å²) in [7, 11) is 0. The summed E-state index contributed by atoms with van der Waals surface area (Å²) >= 11 is 0. The lowest BCUT2D eigenvalue weighted by molar-refractivity contribution is -0.132. The Kier molecular flexibility index (Phi) is 3.60. The number of carbonyl (C=O) groups excluding carboxylic acids is 2. The number of imide groups is 1. The van der Waals surface area contributed by atoms with E-state index in [4.69, 9.17) is 0 Å². The minimum Gasteiger partial charge on any atom is -0.323 e. The van der Waals surface area contributed by atoms with Crippen LogP contribution in [0.15, 0.2) is 36.4 Å². The molecule has 1 N–H and O–H groups in total. The van der Waals surface area contributed by atoms with Crippen LogP contribution in [-0.2, 0) is 24.2 Å². The number of carbonyl (C=O) groups is 2. The summed E-state index contributed by atoms with van der Waals surface area (Å²) in [6.07, 6.45) is 2.02. The number of amides is 3. The van der Waals surface area contributed by atoms with Gasteiger partial charge in [0.25, 0.3) is 5.91 Å². The molecule has 5 heteroatoms. The fourth-order valence-electron chi connectivity index (χ4n) is 3.90. The number of nitrogens with one attached hydrogen (secondary N) is 1. The minimum absolute atomic E-state index is 0.119. The highest BCUT2D eigenvalue weighted by molar-refractivity contribution is 6.07. The maximum absolute atomic E-state index is 13.1. The second-order valence-electron chi connectivity index (χ2n) is 7.05. The number of hydrogen-bond donors (Lipinski definition) is 1. The smallest absolute Gasteiger partial charge is 0.323 e. The third-order valence-corrected chi connectivity index (χ3v) is 5.34. The molecule has 2 aromatic rings. The predicted molar refractivity (Wildman–Crippen MR) is 94.0 cm³/mol. The van der Waals surface area contributed by atoms with E-state index >= 15 is 0 Å². The molecule has 2 aliphatic rings. The third kappa shape index (κ3) is 2.60. The first kappa shape index (κ1) is 15.8. The van der Waals surface area contributed by atoms with E-state index in [1.807, 2.05) is 44.2 Å². The molecule has 0 unspecified atom stereocenters. The summed E-state index contributed by atoms with van der Waals surface area (Å²) in [4.78, 5) is 31.4. The molecule has 1 spiro atoms. The van der Waals surface area contributed by atoms with Gasteiger partial charge in [0.15, 0.2) is 0 Å². The highest BCUT2D eigenvalue weighted by atomic mass is 16.2. The summed E-state index contributed by atoms with van der Waals surface area (Å²) in [5.74, 6) is -0.119. The van der Waals surface area contributed by atoms with Gasteiger partial charge >= 0.3 is 6.03 Å². The molecule has 2 heterocycles. The van der Waals surface area contributed by atoms with Crippen molar-refractivity contribution in [2.75, 3.05) is 0 Å². The maximum Gasteiger partial charge on any atom is 0.325 e. The predicted octanol–water partition coefficient (Wildman–Crippen LogP) is 2.68. The number of hydrogen-bond acceptors (Lipinski definition) is 3. The lowest BCUT2D eigenvalue weighted by Gasteiger charge is -2.32. The summed E-state index contributed by atoms with van der Waals surface area (Å²) < 4.78 is 0. The fourth-order valence-corrected chi connectivity index (χ4v) is 3.90. The first-order chi connectivity index (χ1) is 12.0. The molecule has 1 aliphatic carbocycles. The van der Waals surface area contributed by atoms with Gasteiger partial charge in [0.1, 0.15) is 5.54 Å². The quantitative estimate of drug-likeness (QED) is 0.858. The molecule has 1 aliphatic heterocycles. The number of urea groups is 1. The second-order valence-corrected chi connectivity index (χ2v) is 7.05. The van der Waals surface area contributed by atoms with E-state index in [0.717, 1.165) is 28.9 Å². The molecule has 3 amide bonds. The molecule has 0 radical (unpaired) electrons. The Labute approximate surface area is 147 Å². The van der Waals surface area contributed by atoms with Gasteiger partial charge in [-0.2, -0.15) is 0 Å². The highest BCUT2D eigenvalue weighted by Crippen LogP contribution is 2.34. The Morgan fingerprint density at radius 2 is 1.88 bits per heavy atom. The molecule has 128 valence electrons. The van der Waals surface area contributed by atoms with Crippen LogP contribution in [0, 0.1) is 13.8 Å². The number of rotatable bonds is 2. The number of fused-ring (bicyclic) bond motifs is 1. The van der Waals surface area contributed by atoms with Crippen LogP contribution < -0.4 is 5.32 Å². The normalized spacial score (nSPS) is 22.2. The van der Waals surface area contributed by atoms with Crippen LogP contribution in [-0.4, -0.2) is 27.4 Å². The van der Waals surface area contributed by atoms with E-state index in [2.05, 4.69) is 16.4 Å². The van der Waals surface area contributed by atoms with E-state index < -0.39 is 5.54 Å². The lowest BCUT2D eigenvalue weighted by atomic mass is 9.78. The van der Waals surface area contributed by atoms with E-state index in [1.165, 1.54) is 10.5 Å². The second kappa shape index (κ2) is 5.69. The van der Waals surface area contributed by atoms with Crippen LogP contribution in [0.4, 0.5) is 4.79 Å². The summed E-state index contributed by atoms with van der Waals surface area (Å²) in [5.41, 5.74) is 4.32. The zero-order valence-corrected chi connectivity index (χ0v) is 14.5. The molecule has 1 fully saturated rings. The van der Waals surface area contributed by atoms with Gasteiger partial charge in [0.05, 0.1) is 6.54 Å². The monoisotopic (exact) mass is 335 g/mol. The third-order valence-electron chi connectivity index (χ3n) is 5.34. The average molecular weight is 335 g/mol. The average Bonchev–Trinajstić information content (AvgIpc) is 2.81. The summed E-state index contributed by atoms with van der Waals surface area (Å²) in [6.45, 7) is 4.11. The van der Waals surface area contributed by atoms with Gasteiger partial charge in [-0.3, -0.25) is 14.7 Å². The fraction of sp³-hybridized carbons (Fsp3) is 0.350. The van der Waals surface area contributed by atoms with Crippen LogP contribution in [0.3, 0.4) is 0 Å². The van der Waals surface area contributed by atoms with Gasteiger partial charge in [0.2, 0.25) is 0 Å². The molecule has 25 heavy (non-hydrogen) atoms. The molecule has 0 bridgehead atoms. The number of nitrogens with zero attached hydrogens (tertiary/aromatic N) is 2. The van der Waals surface area contributed by atoms with Crippen molar-refractivity contribution in [1.82, 2.24) is 15.2 Å². The Morgan fingerprint density at radius 1 is 1.12 bits per heavy atom. The first-order valence-corrected chi connectivity index (χ1v) is 8.62. The van der Waals surface area contributed by atoms with Crippen molar-refractivity contribution >= 4 is 11.9 Å². The Balaban J connectivity index is 1.61. The van der Waals surface area contributed by atoms with Crippen LogP contribution in [0.2, 0.25) is 0 Å². The summed E-state index contributed by atoms with van der Waals surface area (Å²) in [6, 6.07) is 11.7. The molecular formula is C20H21N3O2. The Hall–Kier alpha value is -2.69. The SMILES string of the molecule is Cc1ccc(CN2C(=O)N[C@]3(CCc4ccccc4C3)C2=O)c(C)n1. The van der Waals surface area contributed by atoms with E-state index in [-0.39, 0.29) is 18.5 Å². The number of aryl methyl sites for hydroxylation is 3. The van der Waals surface area contributed by atoms with Gasteiger partial charge in [-0.15, -0.1) is 0 Å². The standard InChI is InChI=1S/C20H21N3O2/c1-13-7-8-17(14(2)21-13)12-23-18(24)20(22-19(23)25)10-9-15-5-3-4-6-16(15)11-20/h3-8H,9-12H2,1-2H3,(H,22,25)/t20-/m0/s1. The van der Waals surface area contributed by atoms with Crippen molar-refractivity contribution in [3.05, 3.63) is 64.5 Å². The van der Waals surface area contributed by atoms with Gasteiger partial charge < -0.3 is 5.32 Å². The zero-order chi connectivity index (χ0) is 17.6. The van der Waals surface area contributed by atoms with Gasteiger partial charge in [-0.25, -0.2) is 4.79 Å². The van der Waals surface area contributed by atoms with Crippen molar-refractivity contribution in [2.45, 2.75) is 45.2 Å². The maximum atomic E-state index is 13.1. The van der Waals surface area contributed by atoms with Crippen molar-refractivity contribution in [3.63, 3.8) is 0 Å². The van der Waals surface area contributed by atoms with E-state index in [1.54, 1.807) is 0 Å². The van der Waals surface area contributed by atoms with Crippen molar-refractivity contribution in [1.29, 1.82) is 0 Å². The van der Waals surface area contributed by atoms with Gasteiger partial charge in [-0.1, -0.05) is 30.3 Å². The Morgan fingerprint density at radius 3 is 2.64 bits per heavy atom. The zero-order valence-electron chi connectivity index (χ0n) is 14.5. The van der Waals surface area contributed by atoms with Crippen LogP contribution >= 0.6 is 0 Å². The first-order valence-electron chi connectivity index (χ1n) is 8.62. The molecule has 0 saturated carbocycles. The largest absolute Gasteiger partial charge is 0.325 e.